The van der Waals surface area contributed by atoms with Crippen molar-refractivity contribution >= 4 is 0 Å². The van der Waals surface area contributed by atoms with Crippen LogP contribution in [0.25, 0.3) is 0 Å². The first-order chi connectivity index (χ1) is 8.57. The Balaban J connectivity index is 4.11. The van der Waals surface area contributed by atoms with Gasteiger partial charge in [0.25, 0.3) is 0 Å². The lowest BCUT2D eigenvalue weighted by molar-refractivity contribution is 0.260. The molecular weight excluding hydrogens is 220 g/mol. The topological polar surface area (TPSA) is 24.1 Å². The molecule has 0 amide bonds. The minimum absolute atomic E-state index is 0.356. The van der Waals surface area contributed by atoms with Crippen molar-refractivity contribution in [2.24, 2.45) is 0 Å². The van der Waals surface area contributed by atoms with E-state index in [-0.39, 0.29) is 0 Å². The van der Waals surface area contributed by atoms with E-state index in [9.17, 15) is 0 Å². The summed E-state index contributed by atoms with van der Waals surface area (Å²) in [5.74, 6) is 0. The molecule has 0 atom stereocenters. The molecule has 0 bridgehead atoms. The van der Waals surface area contributed by atoms with Gasteiger partial charge in [-0.05, 0) is 38.5 Å². The Labute approximate surface area is 115 Å². The van der Waals surface area contributed by atoms with Crippen LogP contribution in [0.15, 0.2) is 0 Å². The average Bonchev–Trinajstić information content (AvgIpc) is 2.45. The number of rotatable bonds is 11. The monoisotopic (exact) mass is 256 g/mol. The van der Waals surface area contributed by atoms with Crippen LogP contribution in [0, 0.1) is 0 Å². The quantitative estimate of drug-likeness (QED) is 0.544. The Morgan fingerprint density at radius 1 is 0.500 bits per heavy atom. The van der Waals surface area contributed by atoms with E-state index in [4.69, 9.17) is 0 Å². The molecule has 0 saturated carbocycles. The van der Waals surface area contributed by atoms with E-state index >= 15 is 0 Å². The molecule has 0 aliphatic rings. The third-order valence-corrected chi connectivity index (χ3v) is 5.19. The second-order valence-electron chi connectivity index (χ2n) is 5.54. The van der Waals surface area contributed by atoms with E-state index < -0.39 is 0 Å². The maximum absolute atomic E-state index is 3.76. The lowest BCUT2D eigenvalue weighted by atomic mass is 9.89. The summed E-state index contributed by atoms with van der Waals surface area (Å²) in [7, 11) is 0. The van der Waals surface area contributed by atoms with Crippen molar-refractivity contribution in [3.05, 3.63) is 0 Å². The fourth-order valence-electron chi connectivity index (χ4n) is 2.91. The number of hydrogen-bond acceptors (Lipinski definition) is 2. The Morgan fingerprint density at radius 3 is 0.889 bits per heavy atom. The first kappa shape index (κ1) is 17.9. The molecule has 0 saturated heterocycles. The molecule has 0 aromatic heterocycles. The van der Waals surface area contributed by atoms with Gasteiger partial charge in [0.05, 0.1) is 0 Å². The maximum Gasteiger partial charge on any atom is 0.0174 e. The second-order valence-corrected chi connectivity index (χ2v) is 5.54. The van der Waals surface area contributed by atoms with Crippen LogP contribution >= 0.6 is 0 Å². The van der Waals surface area contributed by atoms with E-state index in [2.05, 4.69) is 52.2 Å². The average molecular weight is 256 g/mol. The summed E-state index contributed by atoms with van der Waals surface area (Å²) in [6.07, 6.45) is 7.34. The molecule has 2 heteroatoms. The molecule has 0 heterocycles. The highest BCUT2D eigenvalue weighted by atomic mass is 15.0. The molecule has 0 aliphatic carbocycles. The zero-order valence-corrected chi connectivity index (χ0v) is 13.7. The molecule has 0 aromatic rings. The summed E-state index contributed by atoms with van der Waals surface area (Å²) in [6, 6.07) is 0. The van der Waals surface area contributed by atoms with Gasteiger partial charge in [-0.1, -0.05) is 41.5 Å². The fourth-order valence-corrected chi connectivity index (χ4v) is 2.91. The third-order valence-electron chi connectivity index (χ3n) is 5.19. The summed E-state index contributed by atoms with van der Waals surface area (Å²) in [6.45, 7) is 15.9. The van der Waals surface area contributed by atoms with E-state index in [0.717, 1.165) is 13.1 Å². The summed E-state index contributed by atoms with van der Waals surface area (Å²) >= 11 is 0. The van der Waals surface area contributed by atoms with E-state index in [1.54, 1.807) is 0 Å². The highest BCUT2D eigenvalue weighted by molar-refractivity contribution is 4.86. The van der Waals surface area contributed by atoms with Crippen molar-refractivity contribution in [2.45, 2.75) is 91.1 Å². The maximum atomic E-state index is 3.76. The largest absolute Gasteiger partial charge is 0.310 e. The van der Waals surface area contributed by atoms with Gasteiger partial charge in [0.15, 0.2) is 0 Å². The van der Waals surface area contributed by atoms with E-state index in [1.807, 2.05) is 0 Å². The standard InChI is InChI=1S/C16H36N2/c1-7-15(8-2,9-3)17-13-14-18-16(10-4,11-5)12-6/h17-18H,7-14H2,1-6H3. The van der Waals surface area contributed by atoms with Crippen LogP contribution in [0.3, 0.4) is 0 Å². The van der Waals surface area contributed by atoms with Gasteiger partial charge in [-0.25, -0.2) is 0 Å². The Bertz CT molecular complexity index is 155. The second kappa shape index (κ2) is 8.92. The van der Waals surface area contributed by atoms with Gasteiger partial charge < -0.3 is 10.6 Å². The Kier molecular flexibility index (Phi) is 8.89. The predicted octanol–water partition coefficient (Wildman–Crippen LogP) is 4.10. The SMILES string of the molecule is CCC(CC)(CC)NCCNC(CC)(CC)CC. The van der Waals surface area contributed by atoms with Crippen molar-refractivity contribution in [2.75, 3.05) is 13.1 Å². The minimum Gasteiger partial charge on any atom is -0.310 e. The predicted molar refractivity (Wildman–Crippen MR) is 83.2 cm³/mol. The molecule has 0 unspecified atom stereocenters. The fraction of sp³-hybridized carbons (Fsp3) is 1.00. The molecule has 2 N–H and O–H groups in total. The zero-order valence-electron chi connectivity index (χ0n) is 13.7. The van der Waals surface area contributed by atoms with Gasteiger partial charge in [0, 0.05) is 24.2 Å². The van der Waals surface area contributed by atoms with Crippen LogP contribution in [0.5, 0.6) is 0 Å². The van der Waals surface area contributed by atoms with Crippen molar-refractivity contribution in [3.8, 4) is 0 Å². The third kappa shape index (κ3) is 4.89. The molecule has 0 spiro atoms. The Hall–Kier alpha value is -0.0800. The summed E-state index contributed by atoms with van der Waals surface area (Å²) in [5, 5.41) is 7.53. The van der Waals surface area contributed by atoms with Gasteiger partial charge in [-0.2, -0.15) is 0 Å². The lowest BCUT2D eigenvalue weighted by Gasteiger charge is -2.35. The summed E-state index contributed by atoms with van der Waals surface area (Å²) < 4.78 is 0. The lowest BCUT2D eigenvalue weighted by Crippen LogP contribution is -2.50. The first-order valence-electron chi connectivity index (χ1n) is 8.07. The highest BCUT2D eigenvalue weighted by Gasteiger charge is 2.24. The van der Waals surface area contributed by atoms with Gasteiger partial charge in [0.1, 0.15) is 0 Å². The van der Waals surface area contributed by atoms with Crippen LogP contribution < -0.4 is 10.6 Å². The van der Waals surface area contributed by atoms with Crippen LogP contribution in [0.4, 0.5) is 0 Å². The zero-order chi connectivity index (χ0) is 14.1. The minimum atomic E-state index is 0.356. The molecule has 18 heavy (non-hydrogen) atoms. The molecule has 0 aromatic carbocycles. The smallest absolute Gasteiger partial charge is 0.0174 e. The Morgan fingerprint density at radius 2 is 0.722 bits per heavy atom. The van der Waals surface area contributed by atoms with E-state index in [0.29, 0.717) is 11.1 Å². The van der Waals surface area contributed by atoms with Crippen molar-refractivity contribution in [1.82, 2.24) is 10.6 Å². The number of hydrogen-bond donors (Lipinski definition) is 2. The van der Waals surface area contributed by atoms with Crippen molar-refractivity contribution < 1.29 is 0 Å². The first-order valence-corrected chi connectivity index (χ1v) is 8.07. The molecule has 0 radical (unpaired) electrons. The molecule has 0 rings (SSSR count). The van der Waals surface area contributed by atoms with Gasteiger partial charge >= 0.3 is 0 Å². The normalized spacial score (nSPS) is 13.0. The molecular formula is C16H36N2. The van der Waals surface area contributed by atoms with Crippen molar-refractivity contribution in [3.63, 3.8) is 0 Å². The van der Waals surface area contributed by atoms with Crippen LogP contribution in [0.1, 0.15) is 80.1 Å². The summed E-state index contributed by atoms with van der Waals surface area (Å²) in [5.41, 5.74) is 0.712. The molecule has 0 aliphatic heterocycles. The van der Waals surface area contributed by atoms with Gasteiger partial charge in [-0.3, -0.25) is 0 Å². The summed E-state index contributed by atoms with van der Waals surface area (Å²) in [4.78, 5) is 0. The van der Waals surface area contributed by atoms with Crippen LogP contribution in [-0.2, 0) is 0 Å². The number of nitrogens with one attached hydrogen (secondary N) is 2. The van der Waals surface area contributed by atoms with Crippen LogP contribution in [-0.4, -0.2) is 24.2 Å². The van der Waals surface area contributed by atoms with Crippen molar-refractivity contribution in [1.29, 1.82) is 0 Å². The highest BCUT2D eigenvalue weighted by Crippen LogP contribution is 2.20. The molecule has 110 valence electrons. The van der Waals surface area contributed by atoms with Gasteiger partial charge in [0.2, 0.25) is 0 Å². The van der Waals surface area contributed by atoms with E-state index in [1.165, 1.54) is 38.5 Å². The van der Waals surface area contributed by atoms with Gasteiger partial charge in [-0.15, -0.1) is 0 Å². The molecule has 0 fully saturated rings. The molecule has 2 nitrogen and oxygen atoms in total. The van der Waals surface area contributed by atoms with Crippen LogP contribution in [0.2, 0.25) is 0 Å².